The van der Waals surface area contributed by atoms with E-state index in [4.69, 9.17) is 9.72 Å². The second-order valence-corrected chi connectivity index (χ2v) is 6.16. The van der Waals surface area contributed by atoms with Gasteiger partial charge in [-0.2, -0.15) is 0 Å². The fourth-order valence-corrected chi connectivity index (χ4v) is 2.84. The molecule has 1 rings (SSSR count). The number of methoxy groups -OCH3 is 1. The van der Waals surface area contributed by atoms with Crippen molar-refractivity contribution in [2.24, 2.45) is 5.92 Å². The number of rotatable bonds is 9. The molecule has 0 spiro atoms. The highest BCUT2D eigenvalue weighted by Crippen LogP contribution is 2.22. The van der Waals surface area contributed by atoms with Gasteiger partial charge in [0.2, 0.25) is 0 Å². The number of nitrogens with zero attached hydrogens (tertiary/aromatic N) is 1. The fourth-order valence-electron chi connectivity index (χ4n) is 1.80. The van der Waals surface area contributed by atoms with E-state index >= 15 is 0 Å². The molecule has 104 valence electrons. The Balaban J connectivity index is 2.66. The molecule has 0 amide bonds. The molecule has 0 bridgehead atoms. The van der Waals surface area contributed by atoms with E-state index < -0.39 is 0 Å². The van der Waals surface area contributed by atoms with E-state index in [1.807, 2.05) is 11.3 Å². The van der Waals surface area contributed by atoms with Crippen molar-refractivity contribution in [2.45, 2.75) is 46.6 Å². The van der Waals surface area contributed by atoms with Gasteiger partial charge in [-0.25, -0.2) is 4.98 Å². The molecule has 0 fully saturated rings. The number of thiazole rings is 1. The summed E-state index contributed by atoms with van der Waals surface area (Å²) in [5, 5.41) is 4.68. The molecule has 0 aromatic carbocycles. The lowest BCUT2D eigenvalue weighted by Gasteiger charge is -2.05. The van der Waals surface area contributed by atoms with Crippen LogP contribution in [0.25, 0.3) is 0 Å². The minimum Gasteiger partial charge on any atom is -0.384 e. The van der Waals surface area contributed by atoms with E-state index in [0.29, 0.717) is 5.92 Å². The smallest absolute Gasteiger partial charge is 0.0954 e. The molecule has 0 aliphatic heterocycles. The van der Waals surface area contributed by atoms with Crippen LogP contribution in [0, 0.1) is 5.92 Å². The van der Waals surface area contributed by atoms with Crippen molar-refractivity contribution in [3.63, 3.8) is 0 Å². The van der Waals surface area contributed by atoms with E-state index in [1.165, 1.54) is 22.0 Å². The number of nitrogens with one attached hydrogen (secondary N) is 1. The van der Waals surface area contributed by atoms with Crippen LogP contribution in [0.1, 0.15) is 42.8 Å². The van der Waals surface area contributed by atoms with Gasteiger partial charge >= 0.3 is 0 Å². The molecule has 0 unspecified atom stereocenters. The number of hydrogen-bond acceptors (Lipinski definition) is 4. The van der Waals surface area contributed by atoms with Gasteiger partial charge in [-0.1, -0.05) is 20.8 Å². The largest absolute Gasteiger partial charge is 0.384 e. The molecule has 0 aliphatic rings. The maximum Gasteiger partial charge on any atom is 0.0954 e. The summed E-state index contributed by atoms with van der Waals surface area (Å²) in [5.74, 6) is 0.660. The molecule has 0 saturated carbocycles. The summed E-state index contributed by atoms with van der Waals surface area (Å²) in [6, 6.07) is 0. The molecule has 0 saturated heterocycles. The molecule has 0 radical (unpaired) electrons. The molecular weight excluding hydrogens is 244 g/mol. The molecule has 1 heterocycles. The standard InChI is InChI=1S/C14H26N2OS/c1-5-7-15-10-13-12(9-11(2)3)16-14(18-13)6-8-17-4/h11,15H,5-10H2,1-4H3. The number of ether oxygens (including phenoxy) is 1. The zero-order valence-electron chi connectivity index (χ0n) is 12.1. The van der Waals surface area contributed by atoms with Gasteiger partial charge in [0.05, 0.1) is 17.3 Å². The van der Waals surface area contributed by atoms with Crippen LogP contribution >= 0.6 is 11.3 Å². The maximum absolute atomic E-state index is 5.13. The summed E-state index contributed by atoms with van der Waals surface area (Å²) in [6.45, 7) is 9.48. The van der Waals surface area contributed by atoms with Crippen molar-refractivity contribution in [3.05, 3.63) is 15.6 Å². The lowest BCUT2D eigenvalue weighted by atomic mass is 10.1. The lowest BCUT2D eigenvalue weighted by molar-refractivity contribution is 0.202. The highest BCUT2D eigenvalue weighted by molar-refractivity contribution is 7.11. The van der Waals surface area contributed by atoms with Crippen LogP contribution in [0.3, 0.4) is 0 Å². The third-order valence-corrected chi connectivity index (χ3v) is 3.81. The first-order valence-electron chi connectivity index (χ1n) is 6.84. The molecule has 1 N–H and O–H groups in total. The van der Waals surface area contributed by atoms with Gasteiger partial charge in [-0.3, -0.25) is 0 Å². The summed E-state index contributed by atoms with van der Waals surface area (Å²) in [5.41, 5.74) is 1.28. The van der Waals surface area contributed by atoms with Crippen LogP contribution in [-0.2, 0) is 24.1 Å². The number of hydrogen-bond donors (Lipinski definition) is 1. The van der Waals surface area contributed by atoms with Crippen molar-refractivity contribution < 1.29 is 4.74 Å². The van der Waals surface area contributed by atoms with Gasteiger partial charge in [-0.05, 0) is 25.3 Å². The quantitative estimate of drug-likeness (QED) is 0.700. The Labute approximate surface area is 115 Å². The first-order valence-corrected chi connectivity index (χ1v) is 7.66. The lowest BCUT2D eigenvalue weighted by Crippen LogP contribution is -2.14. The normalized spacial score (nSPS) is 11.4. The van der Waals surface area contributed by atoms with E-state index in [2.05, 4.69) is 26.1 Å². The van der Waals surface area contributed by atoms with Crippen LogP contribution in [0.4, 0.5) is 0 Å². The summed E-state index contributed by atoms with van der Waals surface area (Å²) in [7, 11) is 1.74. The van der Waals surface area contributed by atoms with Crippen LogP contribution in [0.5, 0.6) is 0 Å². The molecule has 3 nitrogen and oxygen atoms in total. The average molecular weight is 270 g/mol. The Hall–Kier alpha value is -0.450. The van der Waals surface area contributed by atoms with E-state index in [-0.39, 0.29) is 0 Å². The predicted molar refractivity (Wildman–Crippen MR) is 78.2 cm³/mol. The topological polar surface area (TPSA) is 34.1 Å². The molecule has 4 heteroatoms. The van der Waals surface area contributed by atoms with Crippen LogP contribution in [-0.4, -0.2) is 25.2 Å². The minimum absolute atomic E-state index is 0.660. The van der Waals surface area contributed by atoms with Crippen molar-refractivity contribution in [1.82, 2.24) is 10.3 Å². The second-order valence-electron chi connectivity index (χ2n) is 5.00. The van der Waals surface area contributed by atoms with Crippen molar-refractivity contribution >= 4 is 11.3 Å². The maximum atomic E-state index is 5.13. The molecule has 0 aliphatic carbocycles. The van der Waals surface area contributed by atoms with E-state index in [0.717, 1.165) is 32.5 Å². The first-order chi connectivity index (χ1) is 8.67. The third-order valence-electron chi connectivity index (χ3n) is 2.66. The van der Waals surface area contributed by atoms with Gasteiger partial charge in [0.1, 0.15) is 0 Å². The molecule has 18 heavy (non-hydrogen) atoms. The van der Waals surface area contributed by atoms with Crippen LogP contribution < -0.4 is 5.32 Å². The Morgan fingerprint density at radius 2 is 2.17 bits per heavy atom. The molecule has 1 aromatic heterocycles. The Bertz CT molecular complexity index is 337. The Kier molecular flexibility index (Phi) is 7.47. The Morgan fingerprint density at radius 1 is 1.39 bits per heavy atom. The SMILES string of the molecule is CCCNCc1sc(CCOC)nc1CC(C)C. The molecular formula is C14H26N2OS. The van der Waals surface area contributed by atoms with Crippen molar-refractivity contribution in [3.8, 4) is 0 Å². The zero-order chi connectivity index (χ0) is 13.4. The molecule has 1 aromatic rings. The van der Waals surface area contributed by atoms with Crippen molar-refractivity contribution in [1.29, 1.82) is 0 Å². The molecule has 0 atom stereocenters. The summed E-state index contributed by atoms with van der Waals surface area (Å²) < 4.78 is 5.13. The average Bonchev–Trinajstić information content (AvgIpc) is 2.69. The highest BCUT2D eigenvalue weighted by atomic mass is 32.1. The second kappa shape index (κ2) is 8.62. The fraction of sp³-hybridized carbons (Fsp3) is 0.786. The highest BCUT2D eigenvalue weighted by Gasteiger charge is 2.12. The van der Waals surface area contributed by atoms with Gasteiger partial charge in [0.15, 0.2) is 0 Å². The minimum atomic E-state index is 0.660. The monoisotopic (exact) mass is 270 g/mol. The van der Waals surface area contributed by atoms with Gasteiger partial charge in [0, 0.05) is 25.0 Å². The van der Waals surface area contributed by atoms with Gasteiger partial charge in [-0.15, -0.1) is 11.3 Å². The van der Waals surface area contributed by atoms with E-state index in [9.17, 15) is 0 Å². The first kappa shape index (κ1) is 15.6. The third kappa shape index (κ3) is 5.46. The van der Waals surface area contributed by atoms with Crippen LogP contribution in [0.15, 0.2) is 0 Å². The van der Waals surface area contributed by atoms with Gasteiger partial charge in [0.25, 0.3) is 0 Å². The summed E-state index contributed by atoms with van der Waals surface area (Å²) in [4.78, 5) is 6.17. The number of aromatic nitrogens is 1. The summed E-state index contributed by atoms with van der Waals surface area (Å²) >= 11 is 1.84. The van der Waals surface area contributed by atoms with Crippen LogP contribution in [0.2, 0.25) is 0 Å². The predicted octanol–water partition coefficient (Wildman–Crippen LogP) is 3.03. The zero-order valence-corrected chi connectivity index (χ0v) is 12.9. The van der Waals surface area contributed by atoms with E-state index in [1.54, 1.807) is 7.11 Å². The Morgan fingerprint density at radius 3 is 2.78 bits per heavy atom. The van der Waals surface area contributed by atoms with Gasteiger partial charge < -0.3 is 10.1 Å². The summed E-state index contributed by atoms with van der Waals surface area (Å²) in [6.07, 6.45) is 3.18. The van der Waals surface area contributed by atoms with Crippen molar-refractivity contribution in [2.75, 3.05) is 20.3 Å².